The normalized spacial score (nSPS) is 28.1. The molecule has 0 spiro atoms. The number of rotatable bonds is 3. The number of halogens is 3. The van der Waals surface area contributed by atoms with Gasteiger partial charge in [-0.1, -0.05) is 36.4 Å². The van der Waals surface area contributed by atoms with Crippen molar-refractivity contribution in [3.63, 3.8) is 0 Å². The number of benzene rings is 2. The van der Waals surface area contributed by atoms with Gasteiger partial charge < -0.3 is 0 Å². The second kappa shape index (κ2) is 6.41. The minimum Gasteiger partial charge on any atom is -0.267 e. The topological polar surface area (TPSA) is 41.5 Å². The second-order valence-electron chi connectivity index (χ2n) is 7.29. The van der Waals surface area contributed by atoms with E-state index in [9.17, 15) is 18.0 Å². The average molecular weight is 360 g/mol. The average Bonchev–Trinajstić information content (AvgIpc) is 3.21. The molecule has 2 aliphatic rings. The molecule has 2 aliphatic carbocycles. The monoisotopic (exact) mass is 360 g/mol. The highest BCUT2D eigenvalue weighted by Crippen LogP contribution is 2.56. The van der Waals surface area contributed by atoms with Gasteiger partial charge in [-0.05, 0) is 53.9 Å². The van der Waals surface area contributed by atoms with Gasteiger partial charge in [0, 0.05) is 11.8 Å². The van der Waals surface area contributed by atoms with Crippen molar-refractivity contribution in [3.8, 4) is 0 Å². The predicted molar refractivity (Wildman–Crippen MR) is 93.8 cm³/mol. The number of nitrogens with zero attached hydrogens (tertiary/aromatic N) is 1. The molecule has 0 heterocycles. The molecule has 3 nitrogen and oxygen atoms in total. The van der Waals surface area contributed by atoms with Crippen LogP contribution in [0.5, 0.6) is 0 Å². The van der Waals surface area contributed by atoms with E-state index < -0.39 is 18.0 Å². The van der Waals surface area contributed by atoms with Crippen molar-refractivity contribution >= 4 is 22.9 Å². The third kappa shape index (κ3) is 3.08. The van der Waals surface area contributed by atoms with Crippen molar-refractivity contribution in [2.75, 3.05) is 0 Å². The van der Waals surface area contributed by atoms with E-state index in [1.54, 1.807) is 12.1 Å². The van der Waals surface area contributed by atoms with Gasteiger partial charge in [0.05, 0.1) is 5.92 Å². The summed E-state index contributed by atoms with van der Waals surface area (Å²) in [6.45, 7) is 0. The van der Waals surface area contributed by atoms with Crippen LogP contribution in [0.2, 0.25) is 0 Å². The summed E-state index contributed by atoms with van der Waals surface area (Å²) in [6.07, 6.45) is -1.06. The zero-order valence-corrected chi connectivity index (χ0v) is 14.0. The van der Waals surface area contributed by atoms with Crippen LogP contribution in [0.15, 0.2) is 47.6 Å². The first kappa shape index (κ1) is 17.1. The summed E-state index contributed by atoms with van der Waals surface area (Å²) in [5, 5.41) is 5.75. The lowest BCUT2D eigenvalue weighted by Gasteiger charge is -2.28. The zero-order valence-electron chi connectivity index (χ0n) is 14.0. The van der Waals surface area contributed by atoms with Crippen LogP contribution in [0.4, 0.5) is 13.2 Å². The van der Waals surface area contributed by atoms with Crippen LogP contribution in [0, 0.1) is 23.7 Å². The largest absolute Gasteiger partial charge is 0.392 e. The lowest BCUT2D eigenvalue weighted by atomic mass is 9.81. The van der Waals surface area contributed by atoms with Crippen LogP contribution in [0.25, 0.3) is 10.8 Å². The molecule has 0 radical (unpaired) electrons. The molecule has 2 aromatic rings. The first-order valence-corrected chi connectivity index (χ1v) is 8.81. The number of hydrazone groups is 1. The smallest absolute Gasteiger partial charge is 0.267 e. The van der Waals surface area contributed by atoms with Crippen molar-refractivity contribution in [2.24, 2.45) is 28.8 Å². The summed E-state index contributed by atoms with van der Waals surface area (Å²) in [6, 6.07) is 13.0. The van der Waals surface area contributed by atoms with Crippen molar-refractivity contribution in [2.45, 2.75) is 25.4 Å². The predicted octanol–water partition coefficient (Wildman–Crippen LogP) is 4.78. The van der Waals surface area contributed by atoms with Gasteiger partial charge >= 0.3 is 6.18 Å². The Bertz CT molecular complexity index is 856. The molecular formula is C20H19F3N2O. The molecule has 0 saturated heterocycles. The van der Waals surface area contributed by atoms with Gasteiger partial charge in [0.15, 0.2) is 0 Å². The van der Waals surface area contributed by atoms with Gasteiger partial charge in [-0.3, -0.25) is 4.79 Å². The number of nitrogens with one attached hydrogen (secondary N) is 1. The van der Waals surface area contributed by atoms with Crippen LogP contribution in [0.1, 0.15) is 29.6 Å². The summed E-state index contributed by atoms with van der Waals surface area (Å²) in [4.78, 5) is 12.4. The highest BCUT2D eigenvalue weighted by molar-refractivity contribution is 6.07. The van der Waals surface area contributed by atoms with Crippen molar-refractivity contribution < 1.29 is 18.0 Å². The molecule has 2 bridgehead atoms. The Labute approximate surface area is 149 Å². The Morgan fingerprint density at radius 1 is 1.08 bits per heavy atom. The minimum atomic E-state index is -4.14. The maximum Gasteiger partial charge on any atom is 0.392 e. The minimum absolute atomic E-state index is 0.122. The van der Waals surface area contributed by atoms with E-state index in [-0.39, 0.29) is 24.2 Å². The molecule has 0 unspecified atom stereocenters. The highest BCUT2D eigenvalue weighted by Gasteiger charge is 2.56. The lowest BCUT2D eigenvalue weighted by molar-refractivity contribution is -0.189. The molecule has 1 amide bonds. The molecule has 136 valence electrons. The lowest BCUT2D eigenvalue weighted by Crippen LogP contribution is -2.33. The van der Waals surface area contributed by atoms with Crippen molar-refractivity contribution in [3.05, 3.63) is 48.0 Å². The fourth-order valence-electron chi connectivity index (χ4n) is 4.63. The van der Waals surface area contributed by atoms with Crippen molar-refractivity contribution in [1.82, 2.24) is 5.43 Å². The zero-order chi connectivity index (χ0) is 18.3. The number of hydrogen-bond acceptors (Lipinski definition) is 2. The van der Waals surface area contributed by atoms with E-state index in [0.29, 0.717) is 12.0 Å². The van der Waals surface area contributed by atoms with E-state index in [2.05, 4.69) is 10.5 Å². The van der Waals surface area contributed by atoms with E-state index in [1.807, 2.05) is 30.3 Å². The van der Waals surface area contributed by atoms with Crippen LogP contribution in [-0.2, 0) is 0 Å². The molecule has 4 rings (SSSR count). The molecule has 2 aromatic carbocycles. The van der Waals surface area contributed by atoms with Gasteiger partial charge in [0.25, 0.3) is 5.91 Å². The number of carbonyl (C=O) groups excluding carboxylic acids is 1. The molecule has 1 N–H and O–H groups in total. The summed E-state index contributed by atoms with van der Waals surface area (Å²) in [7, 11) is 0. The van der Waals surface area contributed by atoms with Crippen LogP contribution in [0.3, 0.4) is 0 Å². The summed E-state index contributed by atoms with van der Waals surface area (Å²) in [5.41, 5.74) is 2.98. The fourth-order valence-corrected chi connectivity index (χ4v) is 4.63. The van der Waals surface area contributed by atoms with Gasteiger partial charge in [-0.2, -0.15) is 18.3 Å². The first-order chi connectivity index (χ1) is 12.4. The van der Waals surface area contributed by atoms with Gasteiger partial charge in [-0.15, -0.1) is 0 Å². The number of alkyl halides is 3. The summed E-state index contributed by atoms with van der Waals surface area (Å²) >= 11 is 0. The quantitative estimate of drug-likeness (QED) is 0.621. The standard InChI is InChI=1S/C20H19F3N2O/c21-20(22,23)18-10-12-8-14(17(18)9-12)11-24-25-19(26)16-7-3-5-13-4-1-2-6-15(13)16/h1-7,11-12,14,17-18H,8-10H2,(H,25,26)/b24-11-/t12-,14+,17+,18-/m0/s1. The Morgan fingerprint density at radius 3 is 2.62 bits per heavy atom. The molecule has 2 saturated carbocycles. The van der Waals surface area contributed by atoms with Crippen LogP contribution < -0.4 is 5.43 Å². The fraction of sp³-hybridized carbons (Fsp3) is 0.400. The van der Waals surface area contributed by atoms with Crippen molar-refractivity contribution in [1.29, 1.82) is 0 Å². The van der Waals surface area contributed by atoms with Gasteiger partial charge in [-0.25, -0.2) is 5.43 Å². The Hall–Kier alpha value is -2.37. The van der Waals surface area contributed by atoms with E-state index in [0.717, 1.165) is 17.2 Å². The SMILES string of the molecule is O=C(N/N=C\[C@H]1C[C@H]2C[C@H]1[C@@H](C(F)(F)F)C2)c1cccc2ccccc12. The Morgan fingerprint density at radius 2 is 1.85 bits per heavy atom. The molecule has 26 heavy (non-hydrogen) atoms. The number of carbonyl (C=O) groups is 1. The number of fused-ring (bicyclic) bond motifs is 3. The summed E-state index contributed by atoms with van der Waals surface area (Å²) < 4.78 is 39.3. The van der Waals surface area contributed by atoms with Gasteiger partial charge in [0.1, 0.15) is 0 Å². The highest BCUT2D eigenvalue weighted by atomic mass is 19.4. The number of amides is 1. The Kier molecular flexibility index (Phi) is 4.21. The Balaban J connectivity index is 1.45. The van der Waals surface area contributed by atoms with Gasteiger partial charge in [0.2, 0.25) is 0 Å². The molecule has 0 aliphatic heterocycles. The molecule has 4 atom stereocenters. The molecule has 2 fully saturated rings. The van der Waals surface area contributed by atoms with E-state index in [4.69, 9.17) is 0 Å². The maximum absolute atomic E-state index is 13.1. The molecule has 6 heteroatoms. The first-order valence-electron chi connectivity index (χ1n) is 8.81. The van der Waals surface area contributed by atoms with Crippen LogP contribution >= 0.6 is 0 Å². The molecule has 0 aromatic heterocycles. The van der Waals surface area contributed by atoms with E-state index in [1.165, 1.54) is 6.21 Å². The second-order valence-corrected chi connectivity index (χ2v) is 7.29. The summed E-state index contributed by atoms with van der Waals surface area (Å²) in [5.74, 6) is -2.08. The number of hydrogen-bond donors (Lipinski definition) is 1. The maximum atomic E-state index is 13.1. The van der Waals surface area contributed by atoms with Crippen LogP contribution in [-0.4, -0.2) is 18.3 Å². The third-order valence-electron chi connectivity index (χ3n) is 5.75. The van der Waals surface area contributed by atoms with E-state index >= 15 is 0 Å². The third-order valence-corrected chi connectivity index (χ3v) is 5.75. The molecular weight excluding hydrogens is 341 g/mol.